The van der Waals surface area contributed by atoms with Crippen LogP contribution in [0.15, 0.2) is 0 Å². The van der Waals surface area contributed by atoms with Crippen LogP contribution >= 0.6 is 0 Å². The van der Waals surface area contributed by atoms with Gasteiger partial charge in [0.25, 0.3) is 0 Å². The second-order valence-electron chi connectivity index (χ2n) is 4.93. The van der Waals surface area contributed by atoms with Gasteiger partial charge in [-0.05, 0) is 19.3 Å². The minimum atomic E-state index is -0.0608. The van der Waals surface area contributed by atoms with Gasteiger partial charge in [-0.15, -0.1) is 0 Å². The molecule has 0 aromatic rings. The molecule has 0 bridgehead atoms. The summed E-state index contributed by atoms with van der Waals surface area (Å²) in [4.78, 5) is 22.0. The summed E-state index contributed by atoms with van der Waals surface area (Å²) in [6.07, 6.45) is 8.99. The van der Waals surface area contributed by atoms with Gasteiger partial charge in [0.1, 0.15) is 0 Å². The van der Waals surface area contributed by atoms with E-state index in [0.29, 0.717) is 13.0 Å². The molecule has 0 aromatic carbocycles. The van der Waals surface area contributed by atoms with Crippen molar-refractivity contribution in [3.05, 3.63) is 0 Å². The van der Waals surface area contributed by atoms with E-state index in [9.17, 15) is 9.59 Å². The molecule has 1 amide bonds. The van der Waals surface area contributed by atoms with Crippen LogP contribution in [0.2, 0.25) is 0 Å². The number of unbranched alkanes of at least 4 members (excludes halogenated alkanes) is 6. The van der Waals surface area contributed by atoms with Crippen LogP contribution in [0.5, 0.6) is 0 Å². The van der Waals surface area contributed by atoms with Crippen LogP contribution in [0.3, 0.4) is 0 Å². The second kappa shape index (κ2) is 13.4. The van der Waals surface area contributed by atoms with Gasteiger partial charge >= 0.3 is 5.97 Å². The number of amides is 1. The van der Waals surface area contributed by atoms with Gasteiger partial charge in [0.2, 0.25) is 5.91 Å². The van der Waals surface area contributed by atoms with Gasteiger partial charge in [0, 0.05) is 19.9 Å². The molecule has 0 aliphatic rings. The van der Waals surface area contributed by atoms with E-state index in [1.165, 1.54) is 6.92 Å². The van der Waals surface area contributed by atoms with Crippen molar-refractivity contribution in [2.75, 3.05) is 13.2 Å². The first-order chi connectivity index (χ1) is 9.16. The molecule has 19 heavy (non-hydrogen) atoms. The summed E-state index contributed by atoms with van der Waals surface area (Å²) in [5, 5.41) is 2.78. The summed E-state index contributed by atoms with van der Waals surface area (Å²) in [7, 11) is 0. The highest BCUT2D eigenvalue weighted by atomic mass is 16.5. The molecule has 0 saturated carbocycles. The van der Waals surface area contributed by atoms with Gasteiger partial charge in [-0.25, -0.2) is 0 Å². The Bertz CT molecular complexity index is 242. The predicted molar refractivity (Wildman–Crippen MR) is 76.9 cm³/mol. The van der Waals surface area contributed by atoms with Crippen molar-refractivity contribution in [3.63, 3.8) is 0 Å². The zero-order valence-electron chi connectivity index (χ0n) is 12.5. The third-order valence-electron chi connectivity index (χ3n) is 2.94. The monoisotopic (exact) mass is 271 g/mol. The molecule has 4 nitrogen and oxygen atoms in total. The topological polar surface area (TPSA) is 55.4 Å². The Morgan fingerprint density at radius 2 is 1.63 bits per heavy atom. The molecule has 0 radical (unpaired) electrons. The molecule has 0 aliphatic carbocycles. The SMILES string of the molecule is CCCCCOC(=O)CCCCCCCNC(C)=O. The van der Waals surface area contributed by atoms with Crippen LogP contribution < -0.4 is 5.32 Å². The molecule has 0 unspecified atom stereocenters. The van der Waals surface area contributed by atoms with Gasteiger partial charge in [0.15, 0.2) is 0 Å². The van der Waals surface area contributed by atoms with Crippen molar-refractivity contribution in [1.82, 2.24) is 5.32 Å². The van der Waals surface area contributed by atoms with Crippen LogP contribution in [0.1, 0.15) is 71.6 Å². The van der Waals surface area contributed by atoms with Crippen LogP contribution in [0.25, 0.3) is 0 Å². The molecular weight excluding hydrogens is 242 g/mol. The standard InChI is InChI=1S/C15H29NO3/c1-3-4-10-13-19-15(18)11-8-6-5-7-9-12-16-14(2)17/h3-13H2,1-2H3,(H,16,17). The molecule has 0 aliphatic heterocycles. The number of ether oxygens (including phenoxy) is 1. The molecule has 0 atom stereocenters. The third-order valence-corrected chi connectivity index (χ3v) is 2.94. The molecule has 0 fully saturated rings. The molecule has 0 heterocycles. The van der Waals surface area contributed by atoms with Gasteiger partial charge in [-0.2, -0.15) is 0 Å². The van der Waals surface area contributed by atoms with Crippen molar-refractivity contribution < 1.29 is 14.3 Å². The van der Waals surface area contributed by atoms with Crippen molar-refractivity contribution in [2.45, 2.75) is 71.6 Å². The minimum absolute atomic E-state index is 0.0332. The summed E-state index contributed by atoms with van der Waals surface area (Å²) >= 11 is 0. The van der Waals surface area contributed by atoms with Crippen molar-refractivity contribution in [3.8, 4) is 0 Å². The van der Waals surface area contributed by atoms with E-state index < -0.39 is 0 Å². The van der Waals surface area contributed by atoms with Gasteiger partial charge in [0.05, 0.1) is 6.61 Å². The molecule has 0 aromatic heterocycles. The highest BCUT2D eigenvalue weighted by Crippen LogP contribution is 2.06. The maximum atomic E-state index is 11.3. The number of rotatable bonds is 12. The van der Waals surface area contributed by atoms with E-state index in [1.807, 2.05) is 0 Å². The highest BCUT2D eigenvalue weighted by Gasteiger charge is 2.02. The Labute approximate surface area is 117 Å². The normalized spacial score (nSPS) is 10.2. The maximum absolute atomic E-state index is 11.3. The first-order valence-corrected chi connectivity index (χ1v) is 7.57. The lowest BCUT2D eigenvalue weighted by Crippen LogP contribution is -2.20. The fraction of sp³-hybridized carbons (Fsp3) is 0.867. The molecule has 0 saturated heterocycles. The number of hydrogen-bond acceptors (Lipinski definition) is 3. The first-order valence-electron chi connectivity index (χ1n) is 7.57. The van der Waals surface area contributed by atoms with Crippen LogP contribution in [-0.2, 0) is 14.3 Å². The smallest absolute Gasteiger partial charge is 0.305 e. The lowest BCUT2D eigenvalue weighted by atomic mass is 10.1. The van der Waals surface area contributed by atoms with Crippen molar-refractivity contribution in [2.24, 2.45) is 0 Å². The predicted octanol–water partition coefficient (Wildman–Crippen LogP) is 3.20. The lowest BCUT2D eigenvalue weighted by molar-refractivity contribution is -0.143. The summed E-state index contributed by atoms with van der Waals surface area (Å²) in [6, 6.07) is 0. The zero-order valence-corrected chi connectivity index (χ0v) is 12.5. The van der Waals surface area contributed by atoms with E-state index in [1.54, 1.807) is 0 Å². The Morgan fingerprint density at radius 1 is 0.947 bits per heavy atom. The Balaban J connectivity index is 3.16. The molecule has 112 valence electrons. The van der Waals surface area contributed by atoms with E-state index >= 15 is 0 Å². The number of carbonyl (C=O) groups excluding carboxylic acids is 2. The molecule has 0 spiro atoms. The number of hydrogen-bond donors (Lipinski definition) is 1. The van der Waals surface area contributed by atoms with E-state index in [4.69, 9.17) is 4.74 Å². The number of nitrogens with one attached hydrogen (secondary N) is 1. The minimum Gasteiger partial charge on any atom is -0.466 e. The van der Waals surface area contributed by atoms with Gasteiger partial charge < -0.3 is 10.1 Å². The number of carbonyl (C=O) groups is 2. The van der Waals surface area contributed by atoms with Crippen LogP contribution in [0.4, 0.5) is 0 Å². The van der Waals surface area contributed by atoms with Gasteiger partial charge in [-0.1, -0.05) is 39.0 Å². The molecule has 0 rings (SSSR count). The third kappa shape index (κ3) is 14.9. The lowest BCUT2D eigenvalue weighted by Gasteiger charge is -2.04. The summed E-state index contributed by atoms with van der Waals surface area (Å²) < 4.78 is 5.13. The fourth-order valence-corrected chi connectivity index (χ4v) is 1.80. The molecular formula is C15H29NO3. The average molecular weight is 271 g/mol. The van der Waals surface area contributed by atoms with Crippen LogP contribution in [-0.4, -0.2) is 25.0 Å². The highest BCUT2D eigenvalue weighted by molar-refractivity contribution is 5.72. The first kappa shape index (κ1) is 17.9. The Hall–Kier alpha value is -1.06. The summed E-state index contributed by atoms with van der Waals surface area (Å²) in [6.45, 7) is 5.00. The average Bonchev–Trinajstić information content (AvgIpc) is 2.37. The Morgan fingerprint density at radius 3 is 2.32 bits per heavy atom. The maximum Gasteiger partial charge on any atom is 0.305 e. The van der Waals surface area contributed by atoms with Gasteiger partial charge in [-0.3, -0.25) is 9.59 Å². The van der Waals surface area contributed by atoms with Crippen LogP contribution in [0, 0.1) is 0 Å². The quantitative estimate of drug-likeness (QED) is 0.438. The van der Waals surface area contributed by atoms with E-state index in [-0.39, 0.29) is 11.9 Å². The molecule has 4 heteroatoms. The van der Waals surface area contributed by atoms with E-state index in [0.717, 1.165) is 57.9 Å². The fourth-order valence-electron chi connectivity index (χ4n) is 1.80. The largest absolute Gasteiger partial charge is 0.466 e. The second-order valence-corrected chi connectivity index (χ2v) is 4.93. The van der Waals surface area contributed by atoms with Crippen molar-refractivity contribution >= 4 is 11.9 Å². The summed E-state index contributed by atoms with van der Waals surface area (Å²) in [5.74, 6) is -0.0276. The number of esters is 1. The summed E-state index contributed by atoms with van der Waals surface area (Å²) in [5.41, 5.74) is 0. The van der Waals surface area contributed by atoms with E-state index in [2.05, 4.69) is 12.2 Å². The zero-order chi connectivity index (χ0) is 14.3. The molecule has 1 N–H and O–H groups in total. The van der Waals surface area contributed by atoms with Crippen molar-refractivity contribution in [1.29, 1.82) is 0 Å². The Kier molecular flexibility index (Phi) is 12.6.